The maximum Gasteiger partial charge on any atom is 0.167 e. The number of rotatable bonds is 6. The van der Waals surface area contributed by atoms with Gasteiger partial charge in [0.15, 0.2) is 9.84 Å². The fraction of sp³-hybridized carbons (Fsp3) is 0.143. The number of nitrogens with zero attached hydrogens (tertiary/aromatic N) is 3. The molecule has 2 aromatic carbocycles. The molecule has 142 valence electrons. The highest BCUT2D eigenvalue weighted by molar-refractivity contribution is 7.91. The predicted molar refractivity (Wildman–Crippen MR) is 112 cm³/mol. The first-order valence-electron chi connectivity index (χ1n) is 8.78. The maximum absolute atomic E-state index is 13.4. The van der Waals surface area contributed by atoms with Gasteiger partial charge in [0, 0.05) is 24.2 Å². The SMILES string of the molecule is Cn1cc(-c2nc(CS(=O)(=O)C(c3ccccc3)c3ccccc3)cs2)cn1. The van der Waals surface area contributed by atoms with Crippen LogP contribution >= 0.6 is 11.3 Å². The third-order valence-electron chi connectivity index (χ3n) is 4.42. The van der Waals surface area contributed by atoms with Crippen molar-refractivity contribution in [1.82, 2.24) is 14.8 Å². The predicted octanol–water partition coefficient (Wildman–Crippen LogP) is 4.25. The number of thiazole rings is 1. The van der Waals surface area contributed by atoms with Crippen LogP contribution in [0.2, 0.25) is 0 Å². The third kappa shape index (κ3) is 3.90. The number of sulfone groups is 1. The standard InChI is InChI=1S/C21H19N3O2S2/c1-24-13-18(12-22-24)21-23-19(14-27-21)15-28(25,26)20(16-8-4-2-5-9-16)17-10-6-3-7-11-17/h2-14,20H,15H2,1H3. The Hall–Kier alpha value is -2.77. The summed E-state index contributed by atoms with van der Waals surface area (Å²) in [5, 5.41) is 6.01. The molecule has 5 nitrogen and oxygen atoms in total. The Kier molecular flexibility index (Phi) is 5.11. The van der Waals surface area contributed by atoms with Crippen LogP contribution in [0.1, 0.15) is 22.1 Å². The van der Waals surface area contributed by atoms with E-state index in [1.165, 1.54) is 11.3 Å². The zero-order chi connectivity index (χ0) is 19.6. The molecule has 0 saturated carbocycles. The lowest BCUT2D eigenvalue weighted by Crippen LogP contribution is -2.17. The Balaban J connectivity index is 1.68. The average Bonchev–Trinajstić information content (AvgIpc) is 3.32. The van der Waals surface area contributed by atoms with E-state index in [1.807, 2.05) is 79.3 Å². The Labute approximate surface area is 168 Å². The van der Waals surface area contributed by atoms with Gasteiger partial charge in [-0.25, -0.2) is 13.4 Å². The summed E-state index contributed by atoms with van der Waals surface area (Å²) in [6.45, 7) is 0. The molecule has 0 N–H and O–H groups in total. The van der Waals surface area contributed by atoms with Crippen LogP contribution in [0.3, 0.4) is 0 Å². The van der Waals surface area contributed by atoms with Crippen molar-refractivity contribution in [2.24, 2.45) is 7.05 Å². The molecule has 0 fully saturated rings. The van der Waals surface area contributed by atoms with Gasteiger partial charge in [-0.1, -0.05) is 60.7 Å². The molecule has 0 amide bonds. The topological polar surface area (TPSA) is 64.8 Å². The van der Waals surface area contributed by atoms with E-state index in [1.54, 1.807) is 10.9 Å². The fourth-order valence-electron chi connectivity index (χ4n) is 3.19. The van der Waals surface area contributed by atoms with Crippen LogP contribution in [0.5, 0.6) is 0 Å². The van der Waals surface area contributed by atoms with E-state index in [2.05, 4.69) is 10.1 Å². The summed E-state index contributed by atoms with van der Waals surface area (Å²) in [7, 11) is -1.68. The highest BCUT2D eigenvalue weighted by Gasteiger charge is 2.30. The number of aryl methyl sites for hydroxylation is 1. The summed E-state index contributed by atoms with van der Waals surface area (Å²) in [4.78, 5) is 4.53. The number of aromatic nitrogens is 3. The Morgan fingerprint density at radius 2 is 1.61 bits per heavy atom. The molecular weight excluding hydrogens is 390 g/mol. The van der Waals surface area contributed by atoms with Gasteiger partial charge in [0.25, 0.3) is 0 Å². The molecule has 0 aliphatic rings. The van der Waals surface area contributed by atoms with Crippen molar-refractivity contribution in [2.75, 3.05) is 0 Å². The molecule has 2 aromatic heterocycles. The Bertz CT molecular complexity index is 1130. The molecule has 0 atom stereocenters. The van der Waals surface area contributed by atoms with Gasteiger partial charge < -0.3 is 0 Å². The minimum Gasteiger partial charge on any atom is -0.275 e. The first kappa shape index (κ1) is 18.6. The summed E-state index contributed by atoms with van der Waals surface area (Å²) in [5.41, 5.74) is 2.97. The first-order valence-corrected chi connectivity index (χ1v) is 11.4. The second-order valence-electron chi connectivity index (χ2n) is 6.56. The number of hydrogen-bond acceptors (Lipinski definition) is 5. The van der Waals surface area contributed by atoms with E-state index in [-0.39, 0.29) is 5.75 Å². The largest absolute Gasteiger partial charge is 0.275 e. The lowest BCUT2D eigenvalue weighted by molar-refractivity contribution is 0.588. The third-order valence-corrected chi connectivity index (χ3v) is 7.32. The van der Waals surface area contributed by atoms with Gasteiger partial charge in [0.05, 0.1) is 17.6 Å². The van der Waals surface area contributed by atoms with Crippen molar-refractivity contribution in [3.05, 3.63) is 95.3 Å². The normalized spacial score (nSPS) is 11.8. The van der Waals surface area contributed by atoms with Crippen LogP contribution in [0.4, 0.5) is 0 Å². The first-order chi connectivity index (χ1) is 13.5. The quantitative estimate of drug-likeness (QED) is 0.478. The molecule has 2 heterocycles. The zero-order valence-corrected chi connectivity index (χ0v) is 16.9. The molecular formula is C21H19N3O2S2. The Morgan fingerprint density at radius 1 is 1.00 bits per heavy atom. The molecule has 0 unspecified atom stereocenters. The molecule has 0 radical (unpaired) electrons. The van der Waals surface area contributed by atoms with Crippen molar-refractivity contribution in [3.63, 3.8) is 0 Å². The highest BCUT2D eigenvalue weighted by atomic mass is 32.2. The number of hydrogen-bond donors (Lipinski definition) is 0. The number of benzene rings is 2. The van der Waals surface area contributed by atoms with Crippen LogP contribution < -0.4 is 0 Å². The van der Waals surface area contributed by atoms with Gasteiger partial charge in [0.1, 0.15) is 10.3 Å². The van der Waals surface area contributed by atoms with Crippen LogP contribution in [0.25, 0.3) is 10.6 Å². The van der Waals surface area contributed by atoms with Gasteiger partial charge in [-0.05, 0) is 11.1 Å². The molecule has 0 spiro atoms. The minimum absolute atomic E-state index is 0.113. The molecule has 7 heteroatoms. The monoisotopic (exact) mass is 409 g/mol. The molecule has 0 aliphatic carbocycles. The molecule has 28 heavy (non-hydrogen) atoms. The minimum atomic E-state index is -3.52. The van der Waals surface area contributed by atoms with E-state index < -0.39 is 15.1 Å². The lowest BCUT2D eigenvalue weighted by Gasteiger charge is -2.18. The van der Waals surface area contributed by atoms with Crippen molar-refractivity contribution in [3.8, 4) is 10.6 Å². The van der Waals surface area contributed by atoms with Gasteiger partial charge in [-0.3, -0.25) is 4.68 Å². The zero-order valence-electron chi connectivity index (χ0n) is 15.3. The average molecular weight is 410 g/mol. The van der Waals surface area contributed by atoms with Crippen LogP contribution in [0, 0.1) is 0 Å². The smallest absolute Gasteiger partial charge is 0.167 e. The van der Waals surface area contributed by atoms with E-state index >= 15 is 0 Å². The van der Waals surface area contributed by atoms with Crippen molar-refractivity contribution in [1.29, 1.82) is 0 Å². The summed E-state index contributed by atoms with van der Waals surface area (Å²) in [5.74, 6) is -0.113. The molecule has 0 bridgehead atoms. The van der Waals surface area contributed by atoms with E-state index in [4.69, 9.17) is 0 Å². The van der Waals surface area contributed by atoms with Crippen molar-refractivity contribution in [2.45, 2.75) is 11.0 Å². The van der Waals surface area contributed by atoms with E-state index in [9.17, 15) is 8.42 Å². The van der Waals surface area contributed by atoms with Gasteiger partial charge in [-0.15, -0.1) is 11.3 Å². The van der Waals surface area contributed by atoms with Crippen molar-refractivity contribution >= 4 is 21.2 Å². The van der Waals surface area contributed by atoms with Gasteiger partial charge >= 0.3 is 0 Å². The Morgan fingerprint density at radius 3 is 2.14 bits per heavy atom. The molecule has 0 aliphatic heterocycles. The van der Waals surface area contributed by atoms with Gasteiger partial charge in [-0.2, -0.15) is 5.10 Å². The summed E-state index contributed by atoms with van der Waals surface area (Å²) < 4.78 is 28.5. The highest BCUT2D eigenvalue weighted by Crippen LogP contribution is 2.33. The molecule has 0 saturated heterocycles. The van der Waals surface area contributed by atoms with Crippen molar-refractivity contribution < 1.29 is 8.42 Å². The van der Waals surface area contributed by atoms with Crippen LogP contribution in [-0.4, -0.2) is 23.2 Å². The second-order valence-corrected chi connectivity index (χ2v) is 9.50. The second kappa shape index (κ2) is 7.69. The summed E-state index contributed by atoms with van der Waals surface area (Å²) in [6, 6.07) is 18.7. The fourth-order valence-corrected chi connectivity index (χ4v) is 5.96. The maximum atomic E-state index is 13.4. The van der Waals surface area contributed by atoms with Gasteiger partial charge in [0.2, 0.25) is 0 Å². The van der Waals surface area contributed by atoms with E-state index in [0.717, 1.165) is 21.7 Å². The summed E-state index contributed by atoms with van der Waals surface area (Å²) >= 11 is 1.43. The van der Waals surface area contributed by atoms with Crippen LogP contribution in [0.15, 0.2) is 78.4 Å². The molecule has 4 aromatic rings. The lowest BCUT2D eigenvalue weighted by atomic mass is 10.0. The summed E-state index contributed by atoms with van der Waals surface area (Å²) in [6.07, 6.45) is 3.60. The molecule has 4 rings (SSSR count). The van der Waals surface area contributed by atoms with E-state index in [0.29, 0.717) is 5.69 Å². The van der Waals surface area contributed by atoms with Crippen LogP contribution in [-0.2, 0) is 22.6 Å².